The van der Waals surface area contributed by atoms with Crippen molar-refractivity contribution in [3.8, 4) is 17.0 Å². The number of H-pyrrole nitrogens is 1. The van der Waals surface area contributed by atoms with E-state index in [0.717, 1.165) is 47.8 Å². The molecular weight excluding hydrogens is 396 g/mol. The third kappa shape index (κ3) is 3.76. The van der Waals surface area contributed by atoms with Crippen molar-refractivity contribution in [1.29, 1.82) is 0 Å². The van der Waals surface area contributed by atoms with E-state index in [1.165, 1.54) is 6.33 Å². The molecule has 160 valence electrons. The number of nitrogens with zero attached hydrogens (tertiary/aromatic N) is 5. The van der Waals surface area contributed by atoms with Crippen LogP contribution in [-0.2, 0) is 4.79 Å². The summed E-state index contributed by atoms with van der Waals surface area (Å²) < 4.78 is 7.35. The van der Waals surface area contributed by atoms with E-state index in [1.807, 2.05) is 24.5 Å². The minimum absolute atomic E-state index is 0.0282. The summed E-state index contributed by atoms with van der Waals surface area (Å²) in [5.41, 5.74) is 3.39. The largest absolute Gasteiger partial charge is 0.480 e. The summed E-state index contributed by atoms with van der Waals surface area (Å²) in [6.45, 7) is 1.56. The van der Waals surface area contributed by atoms with Gasteiger partial charge in [-0.25, -0.2) is 9.50 Å². The Morgan fingerprint density at radius 2 is 2.00 bits per heavy atom. The van der Waals surface area contributed by atoms with Crippen LogP contribution in [0.25, 0.3) is 27.8 Å². The van der Waals surface area contributed by atoms with Crippen molar-refractivity contribution < 1.29 is 9.53 Å². The normalized spacial score (nSPS) is 18.9. The Morgan fingerprint density at radius 1 is 1.19 bits per heavy atom. The van der Waals surface area contributed by atoms with Gasteiger partial charge in [-0.1, -0.05) is 0 Å². The van der Waals surface area contributed by atoms with E-state index in [1.54, 1.807) is 18.5 Å². The fraction of sp³-hybridized carbons (Fsp3) is 0.381. The molecule has 10 heteroatoms. The molecule has 10 nitrogen and oxygen atoms in total. The molecule has 1 aliphatic rings. The van der Waals surface area contributed by atoms with Gasteiger partial charge in [0.25, 0.3) is 0 Å². The molecule has 3 N–H and O–H groups in total. The quantitative estimate of drug-likeness (QED) is 0.453. The summed E-state index contributed by atoms with van der Waals surface area (Å²) in [4.78, 5) is 28.0. The molecule has 0 radical (unpaired) electrons. The number of methoxy groups -OCH3 is 1. The summed E-state index contributed by atoms with van der Waals surface area (Å²) in [5.74, 6) is 1.07. The smallest absolute Gasteiger partial charge is 0.228 e. The SMILES string of the molecule is COc1nc(N[C@H]2CC[C@@H](NC(C)=O)CC2)nc2[nH]cc(-c3ccc4ncnn4c3)c12. The van der Waals surface area contributed by atoms with Gasteiger partial charge in [0.1, 0.15) is 12.0 Å². The van der Waals surface area contributed by atoms with Crippen molar-refractivity contribution >= 4 is 28.5 Å². The Balaban J connectivity index is 1.40. The lowest BCUT2D eigenvalue weighted by Gasteiger charge is -2.29. The van der Waals surface area contributed by atoms with Crippen LogP contribution < -0.4 is 15.4 Å². The number of aromatic amines is 1. The summed E-state index contributed by atoms with van der Waals surface area (Å²) in [6, 6.07) is 4.42. The summed E-state index contributed by atoms with van der Waals surface area (Å²) >= 11 is 0. The number of pyridine rings is 1. The lowest BCUT2D eigenvalue weighted by molar-refractivity contribution is -0.119. The number of hydrogen-bond donors (Lipinski definition) is 3. The minimum atomic E-state index is 0.0282. The van der Waals surface area contributed by atoms with Crippen LogP contribution in [0.15, 0.2) is 30.9 Å². The molecule has 0 atom stereocenters. The van der Waals surface area contributed by atoms with Gasteiger partial charge in [0.15, 0.2) is 5.65 Å². The van der Waals surface area contributed by atoms with Crippen molar-refractivity contribution in [2.24, 2.45) is 0 Å². The second-order valence-corrected chi connectivity index (χ2v) is 7.86. The molecule has 4 heterocycles. The molecule has 4 aromatic heterocycles. The molecule has 5 rings (SSSR count). The fourth-order valence-electron chi connectivity index (χ4n) is 4.27. The van der Waals surface area contributed by atoms with Crippen LogP contribution in [0.2, 0.25) is 0 Å². The van der Waals surface area contributed by atoms with Gasteiger partial charge in [0, 0.05) is 42.5 Å². The first kappa shape index (κ1) is 19.3. The predicted molar refractivity (Wildman–Crippen MR) is 116 cm³/mol. The Kier molecular flexibility index (Phi) is 4.89. The average Bonchev–Trinajstić information content (AvgIpc) is 3.40. The molecule has 0 spiro atoms. The van der Waals surface area contributed by atoms with E-state index in [2.05, 4.69) is 35.7 Å². The number of aromatic nitrogens is 6. The zero-order valence-electron chi connectivity index (χ0n) is 17.4. The van der Waals surface area contributed by atoms with Crippen LogP contribution in [0.5, 0.6) is 5.88 Å². The van der Waals surface area contributed by atoms with E-state index in [0.29, 0.717) is 17.5 Å². The number of carbonyl (C=O) groups excluding carboxylic acids is 1. The first-order valence-corrected chi connectivity index (χ1v) is 10.4. The van der Waals surface area contributed by atoms with Crippen molar-refractivity contribution in [3.63, 3.8) is 0 Å². The van der Waals surface area contributed by atoms with E-state index in [9.17, 15) is 4.79 Å². The average molecular weight is 420 g/mol. The third-order valence-electron chi connectivity index (χ3n) is 5.74. The second-order valence-electron chi connectivity index (χ2n) is 7.86. The highest BCUT2D eigenvalue weighted by molar-refractivity contribution is 5.97. The number of amides is 1. The molecule has 0 bridgehead atoms. The molecule has 0 aromatic carbocycles. The predicted octanol–water partition coefficient (Wildman–Crippen LogP) is 2.54. The maximum Gasteiger partial charge on any atom is 0.228 e. The number of anilines is 1. The van der Waals surface area contributed by atoms with Gasteiger partial charge in [-0.05, 0) is 37.8 Å². The highest BCUT2D eigenvalue weighted by Gasteiger charge is 2.23. The molecule has 1 fully saturated rings. The van der Waals surface area contributed by atoms with Gasteiger partial charge in [-0.3, -0.25) is 4.79 Å². The Morgan fingerprint density at radius 3 is 2.77 bits per heavy atom. The van der Waals surface area contributed by atoms with Gasteiger partial charge >= 0.3 is 0 Å². The lowest BCUT2D eigenvalue weighted by Crippen LogP contribution is -2.39. The van der Waals surface area contributed by atoms with E-state index in [4.69, 9.17) is 4.74 Å². The van der Waals surface area contributed by atoms with Gasteiger partial charge in [-0.15, -0.1) is 0 Å². The van der Waals surface area contributed by atoms with Crippen LogP contribution in [0.1, 0.15) is 32.6 Å². The highest BCUT2D eigenvalue weighted by atomic mass is 16.5. The van der Waals surface area contributed by atoms with Gasteiger partial charge in [0.2, 0.25) is 17.7 Å². The maximum absolute atomic E-state index is 11.3. The number of fused-ring (bicyclic) bond motifs is 2. The first-order chi connectivity index (χ1) is 15.1. The van der Waals surface area contributed by atoms with E-state index >= 15 is 0 Å². The fourth-order valence-corrected chi connectivity index (χ4v) is 4.27. The van der Waals surface area contributed by atoms with Crippen LogP contribution in [-0.4, -0.2) is 54.7 Å². The number of ether oxygens (including phenoxy) is 1. The van der Waals surface area contributed by atoms with Gasteiger partial charge < -0.3 is 20.4 Å². The summed E-state index contributed by atoms with van der Waals surface area (Å²) in [6.07, 6.45) is 9.12. The Hall–Kier alpha value is -3.69. The number of carbonyl (C=O) groups is 1. The first-order valence-electron chi connectivity index (χ1n) is 10.4. The minimum Gasteiger partial charge on any atom is -0.480 e. The van der Waals surface area contributed by atoms with Crippen molar-refractivity contribution in [2.45, 2.75) is 44.7 Å². The summed E-state index contributed by atoms with van der Waals surface area (Å²) in [5, 5.41) is 11.5. The second kappa shape index (κ2) is 7.86. The molecule has 0 aliphatic heterocycles. The maximum atomic E-state index is 11.3. The topological polar surface area (TPSA) is 122 Å². The molecular formula is C21H24N8O2. The zero-order valence-corrected chi connectivity index (χ0v) is 17.4. The molecule has 0 unspecified atom stereocenters. The number of nitrogens with one attached hydrogen (secondary N) is 3. The van der Waals surface area contributed by atoms with Crippen molar-refractivity contribution in [1.82, 2.24) is 34.9 Å². The number of hydrogen-bond acceptors (Lipinski definition) is 7. The zero-order chi connectivity index (χ0) is 21.4. The lowest BCUT2D eigenvalue weighted by atomic mass is 9.91. The van der Waals surface area contributed by atoms with Crippen molar-refractivity contribution in [3.05, 3.63) is 30.9 Å². The molecule has 4 aromatic rings. The molecule has 1 saturated carbocycles. The highest BCUT2D eigenvalue weighted by Crippen LogP contribution is 2.34. The standard InChI is InChI=1S/C21H24N8O2/c1-12(30)25-14-4-6-15(7-5-14)26-21-27-19-18(20(28-21)31-2)16(9-22-19)13-3-8-17-23-11-24-29(17)10-13/h3,8-11,14-15H,4-7H2,1-2H3,(H,25,30)(H2,22,26,27,28)/t14-,15+. The van der Waals surface area contributed by atoms with Crippen LogP contribution in [0.4, 0.5) is 5.95 Å². The van der Waals surface area contributed by atoms with Crippen LogP contribution >= 0.6 is 0 Å². The molecule has 1 aliphatic carbocycles. The van der Waals surface area contributed by atoms with Crippen molar-refractivity contribution in [2.75, 3.05) is 12.4 Å². The van der Waals surface area contributed by atoms with E-state index in [-0.39, 0.29) is 18.0 Å². The molecule has 0 saturated heterocycles. The van der Waals surface area contributed by atoms with Gasteiger partial charge in [-0.2, -0.15) is 15.1 Å². The Labute approximate surface area is 178 Å². The number of rotatable bonds is 5. The Bertz CT molecular complexity index is 1240. The third-order valence-corrected chi connectivity index (χ3v) is 5.74. The summed E-state index contributed by atoms with van der Waals surface area (Å²) in [7, 11) is 1.61. The van der Waals surface area contributed by atoms with E-state index < -0.39 is 0 Å². The van der Waals surface area contributed by atoms with Crippen LogP contribution in [0.3, 0.4) is 0 Å². The molecule has 31 heavy (non-hydrogen) atoms. The van der Waals surface area contributed by atoms with Crippen LogP contribution in [0, 0.1) is 0 Å². The molecule has 1 amide bonds. The monoisotopic (exact) mass is 420 g/mol. The van der Waals surface area contributed by atoms with Gasteiger partial charge in [0.05, 0.1) is 12.5 Å².